The second-order valence-electron chi connectivity index (χ2n) is 9.06. The molecule has 0 aliphatic rings. The van der Waals surface area contributed by atoms with Crippen LogP contribution < -0.4 is 0 Å². The SMILES string of the molecule is CC(C)c1nc2c(SCc3ccccc3)nnc(O)c2n1Cc1ccc(-c2ccccc2C(=O)O)cc1. The number of carbonyl (C=O) groups is 1. The van der Waals surface area contributed by atoms with Gasteiger partial charge in [0.05, 0.1) is 5.56 Å². The van der Waals surface area contributed by atoms with Crippen LogP contribution in [0.1, 0.15) is 47.1 Å². The van der Waals surface area contributed by atoms with E-state index in [0.717, 1.165) is 22.7 Å². The number of benzene rings is 3. The van der Waals surface area contributed by atoms with Gasteiger partial charge in [-0.15, -0.1) is 10.2 Å². The Morgan fingerprint density at radius 3 is 2.32 bits per heavy atom. The Bertz CT molecular complexity index is 1560. The van der Waals surface area contributed by atoms with E-state index in [1.807, 2.05) is 59.2 Å². The average Bonchev–Trinajstić information content (AvgIpc) is 3.30. The Balaban J connectivity index is 1.49. The largest absolute Gasteiger partial charge is 0.491 e. The highest BCUT2D eigenvalue weighted by molar-refractivity contribution is 7.98. The van der Waals surface area contributed by atoms with Gasteiger partial charge in [-0.05, 0) is 28.3 Å². The summed E-state index contributed by atoms with van der Waals surface area (Å²) in [6.45, 7) is 4.61. The van der Waals surface area contributed by atoms with Crippen LogP contribution in [0.2, 0.25) is 0 Å². The summed E-state index contributed by atoms with van der Waals surface area (Å²) in [6.07, 6.45) is 0. The van der Waals surface area contributed by atoms with E-state index in [-0.39, 0.29) is 17.4 Å². The van der Waals surface area contributed by atoms with Gasteiger partial charge in [-0.1, -0.05) is 98.4 Å². The lowest BCUT2D eigenvalue weighted by Crippen LogP contribution is -2.07. The molecule has 5 aromatic rings. The van der Waals surface area contributed by atoms with E-state index < -0.39 is 5.97 Å². The first-order valence-corrected chi connectivity index (χ1v) is 12.9. The zero-order valence-corrected chi connectivity index (χ0v) is 21.3. The molecule has 8 heteroatoms. The number of nitrogens with zero attached hydrogens (tertiary/aromatic N) is 4. The molecule has 0 aliphatic carbocycles. The van der Waals surface area contributed by atoms with E-state index in [0.29, 0.717) is 28.2 Å². The first kappa shape index (κ1) is 24.5. The van der Waals surface area contributed by atoms with Crippen molar-refractivity contribution in [3.8, 4) is 17.0 Å². The van der Waals surface area contributed by atoms with E-state index in [1.165, 1.54) is 5.56 Å². The monoisotopic (exact) mass is 510 g/mol. The van der Waals surface area contributed by atoms with Gasteiger partial charge >= 0.3 is 5.97 Å². The predicted molar refractivity (Wildman–Crippen MR) is 145 cm³/mol. The molecule has 0 aliphatic heterocycles. The molecular formula is C29H26N4O3S. The van der Waals surface area contributed by atoms with E-state index in [4.69, 9.17) is 4.98 Å². The van der Waals surface area contributed by atoms with Crippen LogP contribution in [0.4, 0.5) is 0 Å². The number of carboxylic acids is 1. The zero-order chi connectivity index (χ0) is 25.9. The summed E-state index contributed by atoms with van der Waals surface area (Å²) in [6, 6.07) is 24.9. The molecule has 0 unspecified atom stereocenters. The van der Waals surface area contributed by atoms with Crippen molar-refractivity contribution >= 4 is 28.8 Å². The Kier molecular flexibility index (Phi) is 6.92. The molecule has 0 atom stereocenters. The lowest BCUT2D eigenvalue weighted by Gasteiger charge is -2.13. The van der Waals surface area contributed by atoms with Gasteiger partial charge in [-0.25, -0.2) is 9.78 Å². The molecule has 5 rings (SSSR count). The molecule has 7 nitrogen and oxygen atoms in total. The van der Waals surface area contributed by atoms with Crippen molar-refractivity contribution in [2.75, 3.05) is 0 Å². The third-order valence-electron chi connectivity index (χ3n) is 6.14. The summed E-state index contributed by atoms with van der Waals surface area (Å²) in [5, 5.41) is 29.2. The normalized spacial score (nSPS) is 11.3. The summed E-state index contributed by atoms with van der Waals surface area (Å²) in [5.74, 6) is 0.565. The standard InChI is InChI=1S/C29H26N4O3S/c1-18(2)26-30-24-25(27(34)31-32-28(24)37-17-20-8-4-3-5-9-20)33(26)16-19-12-14-21(15-13-19)22-10-6-7-11-23(22)29(35)36/h3-15,18H,16-17H2,1-2H3,(H,31,34)(H,35,36). The van der Waals surface area contributed by atoms with Crippen LogP contribution in [0.5, 0.6) is 5.88 Å². The van der Waals surface area contributed by atoms with Crippen LogP contribution >= 0.6 is 11.8 Å². The van der Waals surface area contributed by atoms with Crippen molar-refractivity contribution in [3.63, 3.8) is 0 Å². The van der Waals surface area contributed by atoms with Crippen LogP contribution in [0, 0.1) is 0 Å². The van der Waals surface area contributed by atoms with Crippen molar-refractivity contribution < 1.29 is 15.0 Å². The van der Waals surface area contributed by atoms with Crippen LogP contribution in [-0.4, -0.2) is 35.9 Å². The highest BCUT2D eigenvalue weighted by Gasteiger charge is 2.22. The van der Waals surface area contributed by atoms with Crippen molar-refractivity contribution in [1.82, 2.24) is 19.7 Å². The van der Waals surface area contributed by atoms with E-state index in [2.05, 4.69) is 36.2 Å². The van der Waals surface area contributed by atoms with Crippen LogP contribution in [0.15, 0.2) is 83.9 Å². The van der Waals surface area contributed by atoms with Crippen molar-refractivity contribution in [1.29, 1.82) is 0 Å². The number of carboxylic acid groups (broad SMARTS) is 1. The number of aromatic nitrogens is 4. The summed E-state index contributed by atoms with van der Waals surface area (Å²) in [4.78, 5) is 16.5. The quantitative estimate of drug-likeness (QED) is 0.234. The lowest BCUT2D eigenvalue weighted by atomic mass is 9.98. The third-order valence-corrected chi connectivity index (χ3v) is 7.17. The van der Waals surface area contributed by atoms with Gasteiger partial charge in [-0.2, -0.15) is 0 Å². The molecule has 0 amide bonds. The summed E-state index contributed by atoms with van der Waals surface area (Å²) < 4.78 is 2.00. The second kappa shape index (κ2) is 10.4. The molecule has 0 saturated carbocycles. The fourth-order valence-corrected chi connectivity index (χ4v) is 5.22. The summed E-state index contributed by atoms with van der Waals surface area (Å²) in [5.41, 5.74) is 5.14. The highest BCUT2D eigenvalue weighted by atomic mass is 32.2. The van der Waals surface area contributed by atoms with Crippen molar-refractivity contribution in [2.24, 2.45) is 0 Å². The molecule has 0 bridgehead atoms. The van der Waals surface area contributed by atoms with Gasteiger partial charge in [0.1, 0.15) is 21.9 Å². The molecule has 2 aromatic heterocycles. The first-order valence-electron chi connectivity index (χ1n) is 12.0. The van der Waals surface area contributed by atoms with E-state index >= 15 is 0 Å². The molecule has 0 spiro atoms. The number of thioether (sulfide) groups is 1. The smallest absolute Gasteiger partial charge is 0.336 e. The maximum atomic E-state index is 11.6. The molecule has 0 radical (unpaired) electrons. The Morgan fingerprint density at radius 1 is 0.919 bits per heavy atom. The number of imidazole rings is 1. The lowest BCUT2D eigenvalue weighted by molar-refractivity contribution is 0.0697. The number of hydrogen-bond acceptors (Lipinski definition) is 6. The van der Waals surface area contributed by atoms with Gasteiger partial charge < -0.3 is 14.8 Å². The summed E-state index contributed by atoms with van der Waals surface area (Å²) >= 11 is 1.55. The van der Waals surface area contributed by atoms with Gasteiger partial charge in [0.25, 0.3) is 5.88 Å². The number of hydrogen-bond donors (Lipinski definition) is 2. The molecular weight excluding hydrogens is 484 g/mol. The fraction of sp³-hybridized carbons (Fsp3) is 0.172. The molecule has 0 saturated heterocycles. The molecule has 2 heterocycles. The van der Waals surface area contributed by atoms with Crippen LogP contribution in [0.25, 0.3) is 22.2 Å². The number of fused-ring (bicyclic) bond motifs is 1. The highest BCUT2D eigenvalue weighted by Crippen LogP contribution is 2.34. The molecule has 3 aromatic carbocycles. The fourth-order valence-electron chi connectivity index (χ4n) is 4.35. The Morgan fingerprint density at radius 2 is 1.62 bits per heavy atom. The van der Waals surface area contributed by atoms with Crippen molar-refractivity contribution in [3.05, 3.63) is 101 Å². The minimum absolute atomic E-state index is 0.112. The molecule has 37 heavy (non-hydrogen) atoms. The van der Waals surface area contributed by atoms with Gasteiger partial charge in [0.15, 0.2) is 0 Å². The van der Waals surface area contributed by atoms with Crippen LogP contribution in [0.3, 0.4) is 0 Å². The van der Waals surface area contributed by atoms with Crippen molar-refractivity contribution in [2.45, 2.75) is 37.1 Å². The third kappa shape index (κ3) is 5.06. The average molecular weight is 511 g/mol. The predicted octanol–water partition coefficient (Wildman–Crippen LogP) is 6.36. The van der Waals surface area contributed by atoms with E-state index in [9.17, 15) is 15.0 Å². The van der Waals surface area contributed by atoms with Gasteiger partial charge in [0, 0.05) is 18.2 Å². The Labute approximate surface area is 218 Å². The maximum absolute atomic E-state index is 11.6. The first-order chi connectivity index (χ1) is 17.9. The maximum Gasteiger partial charge on any atom is 0.336 e. The topological polar surface area (TPSA) is 101 Å². The second-order valence-corrected chi connectivity index (χ2v) is 10.0. The number of rotatable bonds is 8. The molecule has 2 N–H and O–H groups in total. The number of aromatic hydroxyl groups is 1. The Hall–Kier alpha value is -4.17. The number of aromatic carboxylic acids is 1. The van der Waals surface area contributed by atoms with Gasteiger partial charge in [-0.3, -0.25) is 0 Å². The molecule has 186 valence electrons. The summed E-state index contributed by atoms with van der Waals surface area (Å²) in [7, 11) is 0. The van der Waals surface area contributed by atoms with E-state index in [1.54, 1.807) is 23.9 Å². The molecule has 0 fully saturated rings. The minimum atomic E-state index is -0.955. The van der Waals surface area contributed by atoms with Crippen LogP contribution in [-0.2, 0) is 12.3 Å². The zero-order valence-electron chi connectivity index (χ0n) is 20.5. The minimum Gasteiger partial charge on any atom is -0.491 e. The van der Waals surface area contributed by atoms with Gasteiger partial charge in [0.2, 0.25) is 0 Å².